The number of thiophene rings is 1. The minimum Gasteiger partial charge on any atom is -0.431 e. The lowest BCUT2D eigenvalue weighted by atomic mass is 10.1. The van der Waals surface area contributed by atoms with Crippen LogP contribution in [0.5, 0.6) is 0 Å². The predicted molar refractivity (Wildman–Crippen MR) is 80.6 cm³/mol. The summed E-state index contributed by atoms with van der Waals surface area (Å²) in [5.74, 6) is -0.0992. The van der Waals surface area contributed by atoms with Crippen molar-refractivity contribution in [1.29, 1.82) is 0 Å². The normalized spacial score (nSPS) is 10.6. The summed E-state index contributed by atoms with van der Waals surface area (Å²) in [6, 6.07) is 3.49. The van der Waals surface area contributed by atoms with E-state index in [-0.39, 0.29) is 23.5 Å². The van der Waals surface area contributed by atoms with E-state index < -0.39 is 0 Å². The van der Waals surface area contributed by atoms with Gasteiger partial charge in [-0.3, -0.25) is 14.9 Å². The maximum atomic E-state index is 11.8. The lowest BCUT2D eigenvalue weighted by Crippen LogP contribution is -2.25. The summed E-state index contributed by atoms with van der Waals surface area (Å²) in [7, 11) is 0. The Morgan fingerprint density at radius 1 is 1.38 bits per heavy atom. The van der Waals surface area contributed by atoms with E-state index in [0.717, 1.165) is 6.42 Å². The first-order valence-corrected chi connectivity index (χ1v) is 7.53. The van der Waals surface area contributed by atoms with Crippen LogP contribution < -0.4 is 10.6 Å². The molecule has 7 heteroatoms. The molecule has 0 atom stereocenters. The van der Waals surface area contributed by atoms with Crippen molar-refractivity contribution in [3.05, 3.63) is 34.3 Å². The Kier molecular flexibility index (Phi) is 5.10. The monoisotopic (exact) mass is 307 g/mol. The van der Waals surface area contributed by atoms with Gasteiger partial charge in [0.05, 0.1) is 4.88 Å². The first-order chi connectivity index (χ1) is 10.1. The van der Waals surface area contributed by atoms with Gasteiger partial charge in [-0.15, -0.1) is 11.3 Å². The highest BCUT2D eigenvalue weighted by atomic mass is 32.1. The predicted octanol–water partition coefficient (Wildman–Crippen LogP) is 2.76. The maximum absolute atomic E-state index is 11.8. The number of oxazole rings is 1. The van der Waals surface area contributed by atoms with E-state index in [1.807, 2.05) is 0 Å². The van der Waals surface area contributed by atoms with Crippen LogP contribution in [-0.4, -0.2) is 23.3 Å². The second-order valence-corrected chi connectivity index (χ2v) is 5.86. The molecular weight excluding hydrogens is 290 g/mol. The van der Waals surface area contributed by atoms with Crippen molar-refractivity contribution in [1.82, 2.24) is 10.3 Å². The number of hydrogen-bond donors (Lipinski definition) is 2. The molecule has 2 aromatic rings. The molecule has 0 aliphatic heterocycles. The fourth-order valence-electron chi connectivity index (χ4n) is 1.57. The molecule has 2 rings (SSSR count). The maximum Gasteiger partial charge on any atom is 0.302 e. The van der Waals surface area contributed by atoms with Gasteiger partial charge in [0.2, 0.25) is 0 Å². The topological polar surface area (TPSA) is 84.2 Å². The van der Waals surface area contributed by atoms with Crippen molar-refractivity contribution in [2.45, 2.75) is 20.3 Å². The molecule has 0 saturated carbocycles. The smallest absolute Gasteiger partial charge is 0.302 e. The molecule has 0 radical (unpaired) electrons. The van der Waals surface area contributed by atoms with E-state index in [0.29, 0.717) is 17.3 Å². The van der Waals surface area contributed by atoms with Crippen molar-refractivity contribution in [3.8, 4) is 0 Å². The highest BCUT2D eigenvalue weighted by molar-refractivity contribution is 7.12. The van der Waals surface area contributed by atoms with Crippen LogP contribution in [0.4, 0.5) is 6.01 Å². The molecule has 21 heavy (non-hydrogen) atoms. The molecule has 6 nitrogen and oxygen atoms in total. The quantitative estimate of drug-likeness (QED) is 0.859. The number of carbonyl (C=O) groups excluding carboxylic acids is 2. The zero-order valence-electron chi connectivity index (χ0n) is 11.9. The number of aromatic nitrogens is 1. The van der Waals surface area contributed by atoms with Crippen LogP contribution in [0.15, 0.2) is 28.2 Å². The molecule has 0 unspecified atom stereocenters. The van der Waals surface area contributed by atoms with E-state index in [1.54, 1.807) is 17.5 Å². The van der Waals surface area contributed by atoms with Crippen LogP contribution in [0.25, 0.3) is 0 Å². The molecule has 0 aromatic carbocycles. The summed E-state index contributed by atoms with van der Waals surface area (Å²) in [5, 5.41) is 7.06. The molecule has 2 amide bonds. The number of amides is 2. The van der Waals surface area contributed by atoms with Gasteiger partial charge in [-0.25, -0.2) is 0 Å². The lowest BCUT2D eigenvalue weighted by Gasteiger charge is -2.04. The largest absolute Gasteiger partial charge is 0.431 e. The van der Waals surface area contributed by atoms with Crippen molar-refractivity contribution < 1.29 is 14.0 Å². The SMILES string of the molecule is CC(C)CCNC(=O)c1coc(NC(=O)c2cccs2)n1. The van der Waals surface area contributed by atoms with Crippen LogP contribution >= 0.6 is 11.3 Å². The van der Waals surface area contributed by atoms with Crippen molar-refractivity contribution in [2.24, 2.45) is 5.92 Å². The summed E-state index contributed by atoms with van der Waals surface area (Å²) >= 11 is 1.32. The van der Waals surface area contributed by atoms with Gasteiger partial charge in [-0.1, -0.05) is 19.9 Å². The zero-order valence-corrected chi connectivity index (χ0v) is 12.7. The first kappa shape index (κ1) is 15.2. The Hall–Kier alpha value is -2.15. The molecule has 0 saturated heterocycles. The Morgan fingerprint density at radius 2 is 2.19 bits per heavy atom. The number of hydrogen-bond acceptors (Lipinski definition) is 5. The fraction of sp³-hybridized carbons (Fsp3) is 0.357. The molecule has 2 heterocycles. The highest BCUT2D eigenvalue weighted by Crippen LogP contribution is 2.13. The average Bonchev–Trinajstić information content (AvgIpc) is 3.09. The third-order valence-electron chi connectivity index (χ3n) is 2.71. The summed E-state index contributed by atoms with van der Waals surface area (Å²) in [4.78, 5) is 28.1. The Balaban J connectivity index is 1.89. The lowest BCUT2D eigenvalue weighted by molar-refractivity contribution is 0.0946. The molecular formula is C14H17N3O3S. The fourth-order valence-corrected chi connectivity index (χ4v) is 2.19. The second kappa shape index (κ2) is 7.03. The molecule has 2 N–H and O–H groups in total. The summed E-state index contributed by atoms with van der Waals surface area (Å²) in [6.45, 7) is 4.75. The third-order valence-corrected chi connectivity index (χ3v) is 3.58. The van der Waals surface area contributed by atoms with E-state index in [4.69, 9.17) is 4.42 Å². The Bertz CT molecular complexity index is 605. The standard InChI is InChI=1S/C14H17N3O3S/c1-9(2)5-6-15-12(18)10-8-20-14(16-10)17-13(19)11-4-3-7-21-11/h3-4,7-9H,5-6H2,1-2H3,(H,15,18)(H,16,17,19). The van der Waals surface area contributed by atoms with Crippen molar-refractivity contribution in [2.75, 3.05) is 11.9 Å². The van der Waals surface area contributed by atoms with Gasteiger partial charge >= 0.3 is 6.01 Å². The van der Waals surface area contributed by atoms with Gasteiger partial charge in [-0.05, 0) is 23.8 Å². The van der Waals surface area contributed by atoms with E-state index >= 15 is 0 Å². The van der Waals surface area contributed by atoms with Gasteiger partial charge in [0, 0.05) is 6.54 Å². The average molecular weight is 307 g/mol. The van der Waals surface area contributed by atoms with Crippen LogP contribution in [-0.2, 0) is 0 Å². The van der Waals surface area contributed by atoms with Gasteiger partial charge in [0.25, 0.3) is 11.8 Å². The third kappa shape index (κ3) is 4.42. The van der Waals surface area contributed by atoms with Gasteiger partial charge in [0.15, 0.2) is 5.69 Å². The molecule has 0 spiro atoms. The van der Waals surface area contributed by atoms with E-state index in [9.17, 15) is 9.59 Å². The Morgan fingerprint density at radius 3 is 2.86 bits per heavy atom. The van der Waals surface area contributed by atoms with Crippen LogP contribution in [0.3, 0.4) is 0 Å². The minimum atomic E-state index is -0.309. The number of nitrogens with zero attached hydrogens (tertiary/aromatic N) is 1. The number of nitrogens with one attached hydrogen (secondary N) is 2. The second-order valence-electron chi connectivity index (χ2n) is 4.91. The minimum absolute atomic E-state index is 0.0161. The van der Waals surface area contributed by atoms with Crippen molar-refractivity contribution >= 4 is 29.2 Å². The summed E-state index contributed by atoms with van der Waals surface area (Å²) in [5.41, 5.74) is 0.153. The number of anilines is 1. The van der Waals surface area contributed by atoms with Crippen molar-refractivity contribution in [3.63, 3.8) is 0 Å². The summed E-state index contributed by atoms with van der Waals surface area (Å²) in [6.07, 6.45) is 2.13. The van der Waals surface area contributed by atoms with E-state index in [1.165, 1.54) is 17.6 Å². The molecule has 0 fully saturated rings. The molecule has 0 aliphatic carbocycles. The Labute approximate surface area is 126 Å². The van der Waals surface area contributed by atoms with E-state index in [2.05, 4.69) is 29.5 Å². The zero-order chi connectivity index (χ0) is 15.2. The molecule has 0 aliphatic rings. The van der Waals surface area contributed by atoms with Crippen LogP contribution in [0.2, 0.25) is 0 Å². The van der Waals surface area contributed by atoms with Gasteiger partial charge < -0.3 is 9.73 Å². The number of rotatable bonds is 6. The molecule has 0 bridgehead atoms. The van der Waals surface area contributed by atoms with Crippen LogP contribution in [0, 0.1) is 5.92 Å². The molecule has 112 valence electrons. The first-order valence-electron chi connectivity index (χ1n) is 6.65. The summed E-state index contributed by atoms with van der Waals surface area (Å²) < 4.78 is 5.08. The van der Waals surface area contributed by atoms with Crippen LogP contribution in [0.1, 0.15) is 40.4 Å². The highest BCUT2D eigenvalue weighted by Gasteiger charge is 2.15. The van der Waals surface area contributed by atoms with Gasteiger partial charge in [-0.2, -0.15) is 4.98 Å². The molecule has 2 aromatic heterocycles. The van der Waals surface area contributed by atoms with Gasteiger partial charge in [0.1, 0.15) is 6.26 Å². The number of carbonyl (C=O) groups is 2.